The molecule has 0 amide bonds. The standard InChI is InChI=1S/C22H24O6/c1-2-12-8-17-16(9-20(24)28-19(17)10-18(12)23)11-27-22(26)15-6-13-4-3-5-14(7-15)21(13)25/h8-10,13-15,23H,2-7,11H2,1H3. The van der Waals surface area contributed by atoms with Crippen molar-refractivity contribution in [2.45, 2.75) is 52.1 Å². The highest BCUT2D eigenvalue weighted by atomic mass is 16.5. The Hall–Kier alpha value is -2.63. The van der Waals surface area contributed by atoms with Crippen molar-refractivity contribution in [2.75, 3.05) is 0 Å². The lowest BCUT2D eigenvalue weighted by atomic mass is 9.67. The Kier molecular flexibility index (Phi) is 4.96. The highest BCUT2D eigenvalue weighted by Crippen LogP contribution is 2.40. The van der Waals surface area contributed by atoms with Gasteiger partial charge in [-0.2, -0.15) is 0 Å². The summed E-state index contributed by atoms with van der Waals surface area (Å²) in [5, 5.41) is 10.7. The highest BCUT2D eigenvalue weighted by Gasteiger charge is 2.41. The quantitative estimate of drug-likeness (QED) is 0.640. The average Bonchev–Trinajstić information content (AvgIpc) is 2.65. The third kappa shape index (κ3) is 3.43. The number of Topliss-reactive ketones (excluding diaryl/α,β-unsaturated/α-hetero) is 1. The van der Waals surface area contributed by atoms with E-state index in [1.807, 2.05) is 6.92 Å². The van der Waals surface area contributed by atoms with Crippen LogP contribution in [0.2, 0.25) is 0 Å². The first-order chi connectivity index (χ1) is 13.5. The van der Waals surface area contributed by atoms with Gasteiger partial charge in [-0.25, -0.2) is 4.79 Å². The van der Waals surface area contributed by atoms with Gasteiger partial charge in [0, 0.05) is 34.9 Å². The van der Waals surface area contributed by atoms with Crippen molar-refractivity contribution < 1.29 is 23.8 Å². The topological polar surface area (TPSA) is 93.8 Å². The molecule has 1 heterocycles. The normalized spacial score (nSPS) is 24.3. The second kappa shape index (κ2) is 7.41. The van der Waals surface area contributed by atoms with Crippen LogP contribution in [0.25, 0.3) is 11.0 Å². The molecular weight excluding hydrogens is 360 g/mol. The molecule has 2 bridgehead atoms. The molecule has 4 rings (SSSR count). The third-order valence-corrected chi connectivity index (χ3v) is 6.16. The molecular formula is C22H24O6. The maximum atomic E-state index is 12.6. The molecule has 1 aromatic carbocycles. The number of benzene rings is 1. The fraction of sp³-hybridized carbons (Fsp3) is 0.500. The minimum Gasteiger partial charge on any atom is -0.508 e. The number of phenolic OH excluding ortho intramolecular Hbond substituents is 1. The van der Waals surface area contributed by atoms with Gasteiger partial charge in [0.1, 0.15) is 23.7 Å². The number of aromatic hydroxyl groups is 1. The minimum absolute atomic E-state index is 0.00950. The van der Waals surface area contributed by atoms with Gasteiger partial charge in [0.25, 0.3) is 0 Å². The van der Waals surface area contributed by atoms with Crippen molar-refractivity contribution in [3.8, 4) is 5.75 Å². The molecule has 1 aromatic heterocycles. The Balaban J connectivity index is 1.53. The number of carbonyl (C=O) groups is 2. The molecule has 2 fully saturated rings. The van der Waals surface area contributed by atoms with Gasteiger partial charge in [-0.3, -0.25) is 9.59 Å². The molecule has 2 saturated carbocycles. The Bertz CT molecular complexity index is 972. The number of carbonyl (C=O) groups excluding carboxylic acids is 2. The van der Waals surface area contributed by atoms with Crippen LogP contribution in [0, 0.1) is 17.8 Å². The van der Waals surface area contributed by atoms with Crippen LogP contribution >= 0.6 is 0 Å². The molecule has 2 unspecified atom stereocenters. The van der Waals surface area contributed by atoms with Gasteiger partial charge in [0.2, 0.25) is 0 Å². The Morgan fingerprint density at radius 2 is 1.86 bits per heavy atom. The van der Waals surface area contributed by atoms with Crippen LogP contribution in [0.4, 0.5) is 0 Å². The van der Waals surface area contributed by atoms with Crippen LogP contribution in [-0.4, -0.2) is 16.9 Å². The Morgan fingerprint density at radius 1 is 1.14 bits per heavy atom. The zero-order valence-electron chi connectivity index (χ0n) is 15.9. The number of hydrogen-bond donors (Lipinski definition) is 1. The summed E-state index contributed by atoms with van der Waals surface area (Å²) in [4.78, 5) is 36.7. The molecule has 0 saturated heterocycles. The second-order valence-corrected chi connectivity index (χ2v) is 7.92. The zero-order valence-corrected chi connectivity index (χ0v) is 15.9. The van der Waals surface area contributed by atoms with E-state index in [-0.39, 0.29) is 41.7 Å². The molecule has 28 heavy (non-hydrogen) atoms. The van der Waals surface area contributed by atoms with Gasteiger partial charge in [-0.05, 0) is 43.7 Å². The van der Waals surface area contributed by atoms with Crippen molar-refractivity contribution in [1.82, 2.24) is 0 Å². The number of hydrogen-bond acceptors (Lipinski definition) is 6. The van der Waals surface area contributed by atoms with E-state index in [2.05, 4.69) is 0 Å². The fourth-order valence-electron chi connectivity index (χ4n) is 4.65. The lowest BCUT2D eigenvalue weighted by Gasteiger charge is -2.36. The summed E-state index contributed by atoms with van der Waals surface area (Å²) in [7, 11) is 0. The van der Waals surface area contributed by atoms with E-state index in [1.165, 1.54) is 12.1 Å². The zero-order chi connectivity index (χ0) is 19.8. The molecule has 6 nitrogen and oxygen atoms in total. The first kappa shape index (κ1) is 18.7. The predicted molar refractivity (Wildman–Crippen MR) is 102 cm³/mol. The summed E-state index contributed by atoms with van der Waals surface area (Å²) in [5.74, 6) is -0.191. The van der Waals surface area contributed by atoms with E-state index in [1.54, 1.807) is 6.07 Å². The number of ketones is 1. The summed E-state index contributed by atoms with van der Waals surface area (Å²) in [6, 6.07) is 4.51. The smallest absolute Gasteiger partial charge is 0.336 e. The molecule has 2 aromatic rings. The highest BCUT2D eigenvalue weighted by molar-refractivity contribution is 5.87. The van der Waals surface area contributed by atoms with Crippen molar-refractivity contribution in [3.63, 3.8) is 0 Å². The SMILES string of the molecule is CCc1cc2c(COC(=O)C3CC4CCCC(C3)C4=O)cc(=O)oc2cc1O. The van der Waals surface area contributed by atoms with E-state index >= 15 is 0 Å². The first-order valence-corrected chi connectivity index (χ1v) is 9.95. The maximum Gasteiger partial charge on any atom is 0.336 e. The minimum atomic E-state index is -0.556. The van der Waals surface area contributed by atoms with Crippen LogP contribution in [0.15, 0.2) is 27.4 Å². The van der Waals surface area contributed by atoms with Gasteiger partial charge in [-0.1, -0.05) is 13.3 Å². The summed E-state index contributed by atoms with van der Waals surface area (Å²) in [6.45, 7) is 1.88. The Morgan fingerprint density at radius 3 is 2.54 bits per heavy atom. The molecule has 0 radical (unpaired) electrons. The van der Waals surface area contributed by atoms with E-state index in [0.717, 1.165) is 24.8 Å². The number of phenols is 1. The fourth-order valence-corrected chi connectivity index (χ4v) is 4.65. The monoisotopic (exact) mass is 384 g/mol. The lowest BCUT2D eigenvalue weighted by Crippen LogP contribution is -2.39. The van der Waals surface area contributed by atoms with Crippen molar-refractivity contribution in [1.29, 1.82) is 0 Å². The lowest BCUT2D eigenvalue weighted by molar-refractivity contribution is -0.154. The Labute approximate surface area is 162 Å². The van der Waals surface area contributed by atoms with E-state index in [9.17, 15) is 19.5 Å². The summed E-state index contributed by atoms with van der Waals surface area (Å²) in [6.07, 6.45) is 4.55. The van der Waals surface area contributed by atoms with Crippen LogP contribution in [0.3, 0.4) is 0 Å². The van der Waals surface area contributed by atoms with Gasteiger partial charge < -0.3 is 14.3 Å². The molecule has 2 atom stereocenters. The van der Waals surface area contributed by atoms with Gasteiger partial charge in [0.05, 0.1) is 5.92 Å². The third-order valence-electron chi connectivity index (χ3n) is 6.16. The number of ether oxygens (including phenoxy) is 1. The molecule has 2 aliphatic rings. The van der Waals surface area contributed by atoms with Crippen LogP contribution < -0.4 is 5.63 Å². The molecule has 0 spiro atoms. The van der Waals surface area contributed by atoms with Crippen molar-refractivity contribution in [2.24, 2.45) is 17.8 Å². The first-order valence-electron chi connectivity index (χ1n) is 9.95. The van der Waals surface area contributed by atoms with Crippen molar-refractivity contribution in [3.05, 3.63) is 39.7 Å². The molecule has 6 heteroatoms. The van der Waals surface area contributed by atoms with E-state index < -0.39 is 5.63 Å². The number of rotatable bonds is 4. The molecule has 2 aliphatic carbocycles. The van der Waals surface area contributed by atoms with Crippen LogP contribution in [0.5, 0.6) is 5.75 Å². The second-order valence-electron chi connectivity index (χ2n) is 7.92. The number of aryl methyl sites for hydroxylation is 1. The maximum absolute atomic E-state index is 12.6. The van der Waals surface area contributed by atoms with Gasteiger partial charge in [-0.15, -0.1) is 0 Å². The summed E-state index contributed by atoms with van der Waals surface area (Å²) in [5.41, 5.74) is 1.000. The largest absolute Gasteiger partial charge is 0.508 e. The number of fused-ring (bicyclic) bond motifs is 3. The average molecular weight is 384 g/mol. The summed E-state index contributed by atoms with van der Waals surface area (Å²) >= 11 is 0. The summed E-state index contributed by atoms with van der Waals surface area (Å²) < 4.78 is 10.7. The molecule has 148 valence electrons. The number of esters is 1. The predicted octanol–water partition coefficient (Wildman–Crippen LogP) is 3.50. The van der Waals surface area contributed by atoms with E-state index in [0.29, 0.717) is 36.0 Å². The van der Waals surface area contributed by atoms with Crippen LogP contribution in [0.1, 0.15) is 50.2 Å². The van der Waals surface area contributed by atoms with Crippen molar-refractivity contribution >= 4 is 22.7 Å². The van der Waals surface area contributed by atoms with Gasteiger partial charge in [0.15, 0.2) is 0 Å². The van der Waals surface area contributed by atoms with E-state index in [4.69, 9.17) is 9.15 Å². The molecule has 1 N–H and O–H groups in total. The molecule has 0 aliphatic heterocycles. The van der Waals surface area contributed by atoms with Crippen LogP contribution in [-0.2, 0) is 27.4 Å². The van der Waals surface area contributed by atoms with Gasteiger partial charge >= 0.3 is 11.6 Å².